The van der Waals surface area contributed by atoms with Crippen molar-refractivity contribution in [3.05, 3.63) is 54.0 Å². The maximum Gasteiger partial charge on any atom is 0.213 e. The van der Waals surface area contributed by atoms with Crippen molar-refractivity contribution in [3.8, 4) is 0 Å². The molecule has 2 aromatic rings. The Balaban J connectivity index is 1.95. The van der Waals surface area contributed by atoms with Crippen LogP contribution in [-0.4, -0.2) is 8.42 Å². The van der Waals surface area contributed by atoms with Crippen molar-refractivity contribution in [2.75, 3.05) is 5.32 Å². The average molecular weight is 266 g/mol. The van der Waals surface area contributed by atoms with Crippen LogP contribution in [0.5, 0.6) is 0 Å². The predicted octanol–water partition coefficient (Wildman–Crippen LogP) is 1.68. The highest BCUT2D eigenvalue weighted by Gasteiger charge is 2.04. The molecule has 0 unspecified atom stereocenters. The van der Waals surface area contributed by atoms with Gasteiger partial charge in [-0.05, 0) is 29.8 Å². The van der Waals surface area contributed by atoms with E-state index in [1.54, 1.807) is 18.4 Å². The summed E-state index contributed by atoms with van der Waals surface area (Å²) in [6.07, 6.45) is 1.62. The van der Waals surface area contributed by atoms with Gasteiger partial charge in [-0.15, -0.1) is 0 Å². The quantitative estimate of drug-likeness (QED) is 0.862. The molecule has 3 N–H and O–H groups in total. The summed E-state index contributed by atoms with van der Waals surface area (Å²) in [5.74, 6) is 0.689. The van der Waals surface area contributed by atoms with Gasteiger partial charge in [0.05, 0.1) is 18.6 Å². The number of hydrogen-bond donors (Lipinski definition) is 2. The maximum absolute atomic E-state index is 10.9. The van der Waals surface area contributed by atoms with Crippen LogP contribution < -0.4 is 10.5 Å². The molecule has 0 saturated carbocycles. The minimum atomic E-state index is -3.47. The van der Waals surface area contributed by atoms with Crippen LogP contribution in [0.2, 0.25) is 0 Å². The summed E-state index contributed by atoms with van der Waals surface area (Å²) in [5.41, 5.74) is 1.56. The molecule has 1 aromatic carbocycles. The number of anilines is 1. The molecule has 6 heteroatoms. The molecule has 0 fully saturated rings. The number of primary sulfonamides is 1. The van der Waals surface area contributed by atoms with Gasteiger partial charge in [0.25, 0.3) is 0 Å². The van der Waals surface area contributed by atoms with Crippen molar-refractivity contribution in [2.24, 2.45) is 5.14 Å². The van der Waals surface area contributed by atoms with Crippen molar-refractivity contribution >= 4 is 15.7 Å². The molecule has 1 aromatic heterocycles. The molecule has 2 rings (SSSR count). The van der Waals surface area contributed by atoms with Crippen LogP contribution in [0.4, 0.5) is 5.69 Å². The number of sulfonamides is 1. The third-order valence-electron chi connectivity index (χ3n) is 2.37. The van der Waals surface area contributed by atoms with E-state index >= 15 is 0 Å². The lowest BCUT2D eigenvalue weighted by Gasteiger charge is -2.05. The van der Waals surface area contributed by atoms with E-state index in [2.05, 4.69) is 5.32 Å². The SMILES string of the molecule is NS(=O)(=O)Cc1ccc(NCc2ccco2)cc1. The van der Waals surface area contributed by atoms with E-state index in [4.69, 9.17) is 9.56 Å². The summed E-state index contributed by atoms with van der Waals surface area (Å²) in [7, 11) is -3.47. The Morgan fingerprint density at radius 3 is 2.44 bits per heavy atom. The zero-order chi connectivity index (χ0) is 13.0. The summed E-state index contributed by atoms with van der Waals surface area (Å²) < 4.78 is 27.0. The second-order valence-corrected chi connectivity index (χ2v) is 5.55. The maximum atomic E-state index is 10.9. The van der Waals surface area contributed by atoms with Crippen molar-refractivity contribution in [1.82, 2.24) is 0 Å². The van der Waals surface area contributed by atoms with Gasteiger partial charge in [0.1, 0.15) is 5.76 Å². The first-order valence-electron chi connectivity index (χ1n) is 5.38. The van der Waals surface area contributed by atoms with E-state index < -0.39 is 10.0 Å². The molecule has 18 heavy (non-hydrogen) atoms. The Morgan fingerprint density at radius 1 is 1.17 bits per heavy atom. The van der Waals surface area contributed by atoms with Gasteiger partial charge >= 0.3 is 0 Å². The van der Waals surface area contributed by atoms with Crippen LogP contribution >= 0.6 is 0 Å². The van der Waals surface area contributed by atoms with E-state index in [9.17, 15) is 8.42 Å². The minimum Gasteiger partial charge on any atom is -0.467 e. The monoisotopic (exact) mass is 266 g/mol. The van der Waals surface area contributed by atoms with Crippen LogP contribution in [0.1, 0.15) is 11.3 Å². The third kappa shape index (κ3) is 3.90. The molecule has 0 amide bonds. The molecular weight excluding hydrogens is 252 g/mol. The topological polar surface area (TPSA) is 85.3 Å². The van der Waals surface area contributed by atoms with Gasteiger partial charge in [0.2, 0.25) is 10.0 Å². The van der Waals surface area contributed by atoms with Crippen molar-refractivity contribution < 1.29 is 12.8 Å². The predicted molar refractivity (Wildman–Crippen MR) is 69.3 cm³/mol. The number of furan rings is 1. The van der Waals surface area contributed by atoms with E-state index in [0.717, 1.165) is 11.4 Å². The van der Waals surface area contributed by atoms with Gasteiger partial charge in [-0.2, -0.15) is 0 Å². The second-order valence-electron chi connectivity index (χ2n) is 3.94. The highest BCUT2D eigenvalue weighted by Crippen LogP contribution is 2.12. The van der Waals surface area contributed by atoms with Crippen molar-refractivity contribution in [1.29, 1.82) is 0 Å². The molecule has 96 valence electrons. The Morgan fingerprint density at radius 2 is 1.89 bits per heavy atom. The second kappa shape index (κ2) is 5.24. The fourth-order valence-electron chi connectivity index (χ4n) is 1.55. The molecule has 0 spiro atoms. The van der Waals surface area contributed by atoms with Crippen molar-refractivity contribution in [2.45, 2.75) is 12.3 Å². The Kier molecular flexibility index (Phi) is 3.69. The molecule has 0 bridgehead atoms. The summed E-state index contributed by atoms with van der Waals surface area (Å²) in [6, 6.07) is 10.8. The van der Waals surface area contributed by atoms with Gasteiger partial charge in [-0.1, -0.05) is 12.1 Å². The summed E-state index contributed by atoms with van der Waals surface area (Å²) >= 11 is 0. The fourth-order valence-corrected chi connectivity index (χ4v) is 2.21. The van der Waals surface area contributed by atoms with Crippen LogP contribution in [-0.2, 0) is 22.3 Å². The van der Waals surface area contributed by atoms with Crippen LogP contribution in [0.25, 0.3) is 0 Å². The largest absolute Gasteiger partial charge is 0.467 e. The summed E-state index contributed by atoms with van der Waals surface area (Å²) in [4.78, 5) is 0. The Labute approximate surface area is 106 Å². The standard InChI is InChI=1S/C12H14N2O3S/c13-18(15,16)9-10-3-5-11(6-4-10)14-8-12-2-1-7-17-12/h1-7,14H,8-9H2,(H2,13,15,16). The smallest absolute Gasteiger partial charge is 0.213 e. The van der Waals surface area contributed by atoms with E-state index in [0.29, 0.717) is 12.1 Å². The summed E-state index contributed by atoms with van der Waals surface area (Å²) in [5, 5.41) is 8.14. The normalized spacial score (nSPS) is 11.4. The van der Waals surface area contributed by atoms with E-state index in [1.807, 2.05) is 24.3 Å². The molecule has 0 atom stereocenters. The Hall–Kier alpha value is -1.79. The molecule has 1 heterocycles. The number of benzene rings is 1. The summed E-state index contributed by atoms with van der Waals surface area (Å²) in [6.45, 7) is 0.585. The van der Waals surface area contributed by atoms with Crippen LogP contribution in [0.3, 0.4) is 0 Å². The Bertz CT molecular complexity index is 589. The lowest BCUT2D eigenvalue weighted by molar-refractivity contribution is 0.518. The zero-order valence-electron chi connectivity index (χ0n) is 9.67. The molecule has 5 nitrogen and oxygen atoms in total. The highest BCUT2D eigenvalue weighted by atomic mass is 32.2. The van der Waals surface area contributed by atoms with E-state index in [-0.39, 0.29) is 5.75 Å². The first kappa shape index (κ1) is 12.7. The number of rotatable bonds is 5. The molecule has 0 aliphatic heterocycles. The fraction of sp³-hybridized carbons (Fsp3) is 0.167. The van der Waals surface area contributed by atoms with Gasteiger partial charge in [-0.3, -0.25) is 0 Å². The minimum absolute atomic E-state index is 0.147. The molecule has 0 saturated heterocycles. The number of nitrogens with one attached hydrogen (secondary N) is 1. The lowest BCUT2D eigenvalue weighted by Crippen LogP contribution is -2.14. The van der Waals surface area contributed by atoms with Gasteiger partial charge in [-0.25, -0.2) is 13.6 Å². The first-order valence-corrected chi connectivity index (χ1v) is 7.10. The average Bonchev–Trinajstić information content (AvgIpc) is 2.79. The van der Waals surface area contributed by atoms with Crippen LogP contribution in [0, 0.1) is 0 Å². The number of nitrogens with two attached hydrogens (primary N) is 1. The third-order valence-corrected chi connectivity index (χ3v) is 3.10. The molecule has 0 aliphatic rings. The molecule has 0 aliphatic carbocycles. The highest BCUT2D eigenvalue weighted by molar-refractivity contribution is 7.88. The lowest BCUT2D eigenvalue weighted by atomic mass is 10.2. The van der Waals surface area contributed by atoms with Crippen LogP contribution in [0.15, 0.2) is 47.1 Å². The first-order chi connectivity index (χ1) is 8.53. The van der Waals surface area contributed by atoms with E-state index in [1.165, 1.54) is 0 Å². The zero-order valence-corrected chi connectivity index (χ0v) is 10.5. The van der Waals surface area contributed by atoms with Gasteiger partial charge in [0.15, 0.2) is 0 Å². The molecule has 0 radical (unpaired) electrons. The van der Waals surface area contributed by atoms with Gasteiger partial charge in [0, 0.05) is 5.69 Å². The van der Waals surface area contributed by atoms with Gasteiger partial charge < -0.3 is 9.73 Å². The van der Waals surface area contributed by atoms with Crippen molar-refractivity contribution in [3.63, 3.8) is 0 Å². The molecular formula is C12H14N2O3S. The number of hydrogen-bond acceptors (Lipinski definition) is 4.